The van der Waals surface area contributed by atoms with Gasteiger partial charge in [0.15, 0.2) is 0 Å². The van der Waals surface area contributed by atoms with Gasteiger partial charge in [-0.25, -0.2) is 0 Å². The van der Waals surface area contributed by atoms with Crippen molar-refractivity contribution in [3.63, 3.8) is 0 Å². The van der Waals surface area contributed by atoms with Crippen LogP contribution >= 0.6 is 28.7 Å². The van der Waals surface area contributed by atoms with Crippen LogP contribution in [0.15, 0.2) is 23.4 Å². The summed E-state index contributed by atoms with van der Waals surface area (Å²) in [6, 6.07) is 0. The zero-order valence-electron chi connectivity index (χ0n) is 13.7. The summed E-state index contributed by atoms with van der Waals surface area (Å²) in [6.45, 7) is 1.37. The molecule has 1 aliphatic carbocycles. The highest BCUT2D eigenvalue weighted by Crippen LogP contribution is 2.45. The Balaban J connectivity index is 0.00000225. The predicted octanol–water partition coefficient (Wildman–Crippen LogP) is 1.64. The molecule has 0 radical (unpaired) electrons. The second-order valence-corrected chi connectivity index (χ2v) is 7.54. The highest BCUT2D eigenvalue weighted by Gasteiger charge is 2.47. The van der Waals surface area contributed by atoms with Crippen molar-refractivity contribution in [2.75, 3.05) is 6.61 Å². The van der Waals surface area contributed by atoms with Gasteiger partial charge in [-0.05, 0) is 25.3 Å². The zero-order chi connectivity index (χ0) is 17.4. The molecule has 1 saturated carbocycles. The van der Waals surface area contributed by atoms with Crippen LogP contribution < -0.4 is 5.73 Å². The van der Waals surface area contributed by atoms with Crippen LogP contribution in [0.2, 0.25) is 0 Å². The average molecular weight is 433 g/mol. The van der Waals surface area contributed by atoms with Gasteiger partial charge in [-0.3, -0.25) is 19.3 Å². The second-order valence-electron chi connectivity index (χ2n) is 6.27. The summed E-state index contributed by atoms with van der Waals surface area (Å²) in [4.78, 5) is 36.5. The molecule has 2 heterocycles. The van der Waals surface area contributed by atoms with E-state index in [2.05, 4.69) is 0 Å². The molecule has 7 nitrogen and oxygen atoms in total. The number of β-lactam (4-membered cyclic amide) rings is 1. The van der Waals surface area contributed by atoms with Crippen LogP contribution in [0.25, 0.3) is 0 Å². The molecule has 3 unspecified atom stereocenters. The maximum atomic E-state index is 12.4. The van der Waals surface area contributed by atoms with Crippen molar-refractivity contribution in [1.82, 2.24) is 4.90 Å². The van der Waals surface area contributed by atoms with E-state index in [0.29, 0.717) is 19.3 Å². The minimum atomic E-state index is -0.880. The molecule has 3 rings (SSSR count). The van der Waals surface area contributed by atoms with Gasteiger partial charge in [-0.1, -0.05) is 5.57 Å². The number of nitrogens with two attached hydrogens (primary N) is 1. The minimum absolute atomic E-state index is 0. The Hall–Kier alpha value is -1.32. The summed E-state index contributed by atoms with van der Waals surface area (Å²) >= 11 is 1.50. The number of hydrogen-bond donors (Lipinski definition) is 2. The lowest BCUT2D eigenvalue weighted by molar-refractivity contribution is -0.150. The first-order valence-electron chi connectivity index (χ1n) is 7.88. The normalized spacial score (nSPS) is 33.8. The number of hydrogen-bond acceptors (Lipinski definition) is 6. The van der Waals surface area contributed by atoms with Gasteiger partial charge in [0.1, 0.15) is 5.37 Å². The zero-order valence-corrected chi connectivity index (χ0v) is 16.2. The fourth-order valence-electron chi connectivity index (χ4n) is 3.50. The Morgan fingerprint density at radius 1 is 1.48 bits per heavy atom. The molecule has 0 aromatic heterocycles. The molecule has 3 N–H and O–H groups in total. The lowest BCUT2D eigenvalue weighted by Crippen LogP contribution is -2.54. The second kappa shape index (κ2) is 7.92. The van der Waals surface area contributed by atoms with Gasteiger partial charge in [-0.2, -0.15) is 0 Å². The van der Waals surface area contributed by atoms with E-state index < -0.39 is 17.9 Å². The SMILES string of the molecule is Br.CC(=O)OCC1CC(=C2C(=O)N3C=CC(N)S[C@H]23)CCC1C(=O)O. The number of carboxylic acid groups (broad SMARTS) is 1. The number of nitrogens with zero attached hydrogens (tertiary/aromatic N) is 1. The number of amides is 1. The van der Waals surface area contributed by atoms with Gasteiger partial charge in [0.05, 0.1) is 17.9 Å². The van der Waals surface area contributed by atoms with Crippen molar-refractivity contribution >= 4 is 46.6 Å². The standard InChI is InChI=1S/C16H20N2O5S.BrH/c1-8(19)23-7-10-6-9(2-3-11(10)16(21)22)13-14(20)18-5-4-12(17)24-15(13)18;/h4-5,10-12,15H,2-3,6-7,17H2,1H3,(H,21,22);1H/t10?,11?,12?,15-;/m1./s1. The highest BCUT2D eigenvalue weighted by molar-refractivity contribution is 8.93. The third-order valence-electron chi connectivity index (χ3n) is 4.72. The number of carboxylic acids is 1. The van der Waals surface area contributed by atoms with Crippen molar-refractivity contribution in [2.24, 2.45) is 17.6 Å². The molecule has 4 atom stereocenters. The number of allylic oxidation sites excluding steroid dienone is 1. The monoisotopic (exact) mass is 432 g/mol. The Morgan fingerprint density at radius 2 is 2.20 bits per heavy atom. The molecule has 3 aliphatic rings. The molecular formula is C16H21BrN2O5S. The van der Waals surface area contributed by atoms with E-state index in [1.165, 1.54) is 18.7 Å². The number of aliphatic carboxylic acids is 1. The van der Waals surface area contributed by atoms with Gasteiger partial charge in [0.25, 0.3) is 5.91 Å². The molecule has 9 heteroatoms. The molecule has 1 amide bonds. The third kappa shape index (κ3) is 3.93. The number of esters is 1. The third-order valence-corrected chi connectivity index (χ3v) is 5.91. The molecule has 25 heavy (non-hydrogen) atoms. The quantitative estimate of drug-likeness (QED) is 0.396. The Kier molecular flexibility index (Phi) is 6.34. The van der Waals surface area contributed by atoms with Gasteiger partial charge >= 0.3 is 11.9 Å². The van der Waals surface area contributed by atoms with Crippen LogP contribution in [0.3, 0.4) is 0 Å². The van der Waals surface area contributed by atoms with Crippen LogP contribution in [0.4, 0.5) is 0 Å². The molecule has 0 aromatic rings. The summed E-state index contributed by atoms with van der Waals surface area (Å²) < 4.78 is 5.04. The predicted molar refractivity (Wildman–Crippen MR) is 97.8 cm³/mol. The largest absolute Gasteiger partial charge is 0.481 e. The number of rotatable bonds is 3. The topological polar surface area (TPSA) is 110 Å². The first-order valence-corrected chi connectivity index (χ1v) is 8.83. The van der Waals surface area contributed by atoms with Crippen LogP contribution in [0.1, 0.15) is 26.2 Å². The van der Waals surface area contributed by atoms with Crippen LogP contribution in [-0.4, -0.2) is 45.2 Å². The lowest BCUT2D eigenvalue weighted by Gasteiger charge is -2.45. The number of ether oxygens (including phenoxy) is 1. The van der Waals surface area contributed by atoms with Crippen molar-refractivity contribution in [3.05, 3.63) is 23.4 Å². The number of fused-ring (bicyclic) bond motifs is 1. The molecule has 0 aromatic carbocycles. The summed E-state index contributed by atoms with van der Waals surface area (Å²) in [6.07, 6.45) is 5.00. The van der Waals surface area contributed by atoms with Crippen molar-refractivity contribution in [2.45, 2.75) is 36.9 Å². The summed E-state index contributed by atoms with van der Waals surface area (Å²) in [7, 11) is 0. The lowest BCUT2D eigenvalue weighted by atomic mass is 9.75. The van der Waals surface area contributed by atoms with Crippen molar-refractivity contribution < 1.29 is 24.2 Å². The van der Waals surface area contributed by atoms with Gasteiger partial charge in [0.2, 0.25) is 0 Å². The van der Waals surface area contributed by atoms with E-state index in [1.54, 1.807) is 17.2 Å². The molecule has 2 fully saturated rings. The molecule has 1 saturated heterocycles. The molecule has 0 spiro atoms. The highest BCUT2D eigenvalue weighted by atomic mass is 79.9. The number of thioether (sulfide) groups is 1. The molecule has 138 valence electrons. The smallest absolute Gasteiger partial charge is 0.306 e. The fourth-order valence-corrected chi connectivity index (χ4v) is 4.66. The Labute approximate surface area is 160 Å². The van der Waals surface area contributed by atoms with E-state index in [9.17, 15) is 19.5 Å². The number of carbonyl (C=O) groups is 3. The van der Waals surface area contributed by atoms with E-state index in [0.717, 1.165) is 11.1 Å². The summed E-state index contributed by atoms with van der Waals surface area (Å²) in [5, 5.41) is 9.15. The average Bonchev–Trinajstić information content (AvgIpc) is 2.52. The number of carbonyl (C=O) groups excluding carboxylic acids is 2. The first-order chi connectivity index (χ1) is 11.4. The van der Waals surface area contributed by atoms with E-state index in [1.807, 2.05) is 0 Å². The Morgan fingerprint density at radius 3 is 2.84 bits per heavy atom. The van der Waals surface area contributed by atoms with Crippen LogP contribution in [-0.2, 0) is 19.1 Å². The molecular weight excluding hydrogens is 412 g/mol. The minimum Gasteiger partial charge on any atom is -0.481 e. The maximum Gasteiger partial charge on any atom is 0.306 e. The number of halogens is 1. The van der Waals surface area contributed by atoms with Gasteiger partial charge < -0.3 is 15.6 Å². The van der Waals surface area contributed by atoms with Crippen molar-refractivity contribution in [1.29, 1.82) is 0 Å². The van der Waals surface area contributed by atoms with E-state index in [4.69, 9.17) is 10.5 Å². The Bertz CT molecular complexity index is 650. The summed E-state index contributed by atoms with van der Waals surface area (Å²) in [5.74, 6) is -2.20. The maximum absolute atomic E-state index is 12.4. The van der Waals surface area contributed by atoms with E-state index in [-0.39, 0.29) is 46.2 Å². The van der Waals surface area contributed by atoms with Gasteiger partial charge in [-0.15, -0.1) is 28.7 Å². The first kappa shape index (κ1) is 20.0. The molecule has 0 bridgehead atoms. The van der Waals surface area contributed by atoms with E-state index >= 15 is 0 Å². The van der Waals surface area contributed by atoms with Crippen LogP contribution in [0, 0.1) is 11.8 Å². The van der Waals surface area contributed by atoms with Crippen LogP contribution in [0.5, 0.6) is 0 Å². The molecule has 2 aliphatic heterocycles. The van der Waals surface area contributed by atoms with Gasteiger partial charge in [0, 0.05) is 24.6 Å². The van der Waals surface area contributed by atoms with Crippen molar-refractivity contribution in [3.8, 4) is 0 Å². The summed E-state index contributed by atoms with van der Waals surface area (Å²) in [5.41, 5.74) is 7.63. The fraction of sp³-hybridized carbons (Fsp3) is 0.562.